The van der Waals surface area contributed by atoms with Crippen LogP contribution in [0.1, 0.15) is 57.7 Å². The Labute approximate surface area is 222 Å². The summed E-state index contributed by atoms with van der Waals surface area (Å²) in [4.78, 5) is 52.1. The van der Waals surface area contributed by atoms with Gasteiger partial charge in [-0.3, -0.25) is 14.4 Å². The van der Waals surface area contributed by atoms with Gasteiger partial charge in [-0.1, -0.05) is 49.7 Å². The zero-order valence-corrected chi connectivity index (χ0v) is 21.9. The second-order valence-electron chi connectivity index (χ2n) is 9.35. The number of anilines is 1. The maximum absolute atomic E-state index is 12.8. The molecule has 3 aromatic rings. The van der Waals surface area contributed by atoms with Gasteiger partial charge in [-0.2, -0.15) is 0 Å². The molecule has 0 saturated carbocycles. The van der Waals surface area contributed by atoms with Crippen molar-refractivity contribution < 1.29 is 28.7 Å². The number of hydrogen-bond donors (Lipinski definition) is 0. The maximum atomic E-state index is 12.8. The minimum atomic E-state index is -0.631. The number of esters is 2. The van der Waals surface area contributed by atoms with Gasteiger partial charge in [-0.25, -0.2) is 4.79 Å². The third-order valence-corrected chi connectivity index (χ3v) is 6.71. The van der Waals surface area contributed by atoms with Crippen LogP contribution in [0.4, 0.5) is 5.69 Å². The van der Waals surface area contributed by atoms with Gasteiger partial charge in [-0.05, 0) is 67.3 Å². The van der Waals surface area contributed by atoms with Crippen LogP contribution in [0.5, 0.6) is 5.75 Å². The lowest BCUT2D eigenvalue weighted by atomic mass is 10.0. The van der Waals surface area contributed by atoms with Gasteiger partial charge in [0.1, 0.15) is 5.75 Å². The van der Waals surface area contributed by atoms with E-state index in [1.807, 2.05) is 51.1 Å². The molecule has 0 aliphatic carbocycles. The van der Waals surface area contributed by atoms with Crippen molar-refractivity contribution in [1.29, 1.82) is 0 Å². The summed E-state index contributed by atoms with van der Waals surface area (Å²) in [6, 6.07) is 19.1. The molecule has 3 aromatic carbocycles. The normalized spacial score (nSPS) is 14.9. The van der Waals surface area contributed by atoms with E-state index in [0.717, 1.165) is 35.2 Å². The Kier molecular flexibility index (Phi) is 8.36. The number of rotatable bonds is 9. The van der Waals surface area contributed by atoms with E-state index < -0.39 is 24.5 Å². The van der Waals surface area contributed by atoms with Crippen LogP contribution in [0.3, 0.4) is 0 Å². The standard InChI is InChI=1S/C31H31NO6/c1-4-21-7-6-8-22(5-2)29(21)32-18-25(17-28(32)34)30(35)37-19-27(33)23-13-15-26(16-14-23)38-31(36)24-11-9-20(3)10-12-24/h6-16,25H,4-5,17-19H2,1-3H3/t25-/m0/s1. The highest BCUT2D eigenvalue weighted by Gasteiger charge is 2.37. The number of aryl methyl sites for hydroxylation is 3. The van der Waals surface area contributed by atoms with Crippen molar-refractivity contribution in [1.82, 2.24) is 0 Å². The molecule has 7 heteroatoms. The van der Waals surface area contributed by atoms with E-state index in [2.05, 4.69) is 0 Å². The Balaban J connectivity index is 1.32. The van der Waals surface area contributed by atoms with Gasteiger partial charge in [0, 0.05) is 24.2 Å². The van der Waals surface area contributed by atoms with Gasteiger partial charge in [0.05, 0.1) is 11.5 Å². The SMILES string of the molecule is CCc1cccc(CC)c1N1C[C@@H](C(=O)OCC(=O)c2ccc(OC(=O)c3ccc(C)cc3)cc2)CC1=O. The first-order valence-corrected chi connectivity index (χ1v) is 12.8. The summed E-state index contributed by atoms with van der Waals surface area (Å²) in [5.41, 5.74) is 4.80. The highest BCUT2D eigenvalue weighted by molar-refractivity contribution is 6.02. The fraction of sp³-hybridized carbons (Fsp3) is 0.290. The summed E-state index contributed by atoms with van der Waals surface area (Å²) in [5.74, 6) is -1.90. The molecule has 1 fully saturated rings. The second-order valence-corrected chi connectivity index (χ2v) is 9.35. The molecule has 7 nitrogen and oxygen atoms in total. The van der Waals surface area contributed by atoms with Crippen molar-refractivity contribution in [2.45, 2.75) is 40.0 Å². The number of ketones is 1. The largest absolute Gasteiger partial charge is 0.457 e. The molecule has 196 valence electrons. The van der Waals surface area contributed by atoms with Gasteiger partial charge in [0.2, 0.25) is 5.91 Å². The van der Waals surface area contributed by atoms with Crippen LogP contribution in [0.2, 0.25) is 0 Å². The zero-order valence-electron chi connectivity index (χ0n) is 21.9. The number of ether oxygens (including phenoxy) is 2. The number of para-hydroxylation sites is 1. The molecule has 1 aliphatic heterocycles. The molecule has 38 heavy (non-hydrogen) atoms. The van der Waals surface area contributed by atoms with Crippen LogP contribution >= 0.6 is 0 Å². The first kappa shape index (κ1) is 26.8. The molecule has 0 spiro atoms. The summed E-state index contributed by atoms with van der Waals surface area (Å²) in [5, 5.41) is 0. The van der Waals surface area contributed by atoms with Crippen LogP contribution in [-0.4, -0.2) is 36.8 Å². The third kappa shape index (κ3) is 5.99. The Bertz CT molecular complexity index is 1320. The fourth-order valence-electron chi connectivity index (χ4n) is 4.55. The molecule has 0 aromatic heterocycles. The zero-order chi connectivity index (χ0) is 27.2. The van der Waals surface area contributed by atoms with E-state index in [9.17, 15) is 19.2 Å². The van der Waals surface area contributed by atoms with E-state index in [-0.39, 0.29) is 24.7 Å². The number of Topliss-reactive ketones (excluding diaryl/α,β-unsaturated/α-hetero) is 1. The first-order chi connectivity index (χ1) is 18.3. The molecule has 1 aliphatic rings. The molecule has 0 N–H and O–H groups in total. The fourth-order valence-corrected chi connectivity index (χ4v) is 4.55. The number of amides is 1. The topological polar surface area (TPSA) is 90.0 Å². The van der Waals surface area contributed by atoms with Crippen LogP contribution in [-0.2, 0) is 27.2 Å². The number of nitrogens with zero attached hydrogens (tertiary/aromatic N) is 1. The summed E-state index contributed by atoms with van der Waals surface area (Å²) in [6.45, 7) is 5.81. The molecule has 0 unspecified atom stereocenters. The van der Waals surface area contributed by atoms with Crippen molar-refractivity contribution in [3.05, 3.63) is 94.5 Å². The van der Waals surface area contributed by atoms with Gasteiger partial charge >= 0.3 is 11.9 Å². The van der Waals surface area contributed by atoms with Crippen molar-refractivity contribution in [2.24, 2.45) is 5.92 Å². The molecular formula is C31H31NO6. The molecule has 0 bridgehead atoms. The van der Waals surface area contributed by atoms with Crippen molar-refractivity contribution in [3.8, 4) is 5.75 Å². The number of carbonyl (C=O) groups excluding carboxylic acids is 4. The van der Waals surface area contributed by atoms with Crippen LogP contribution in [0.25, 0.3) is 0 Å². The van der Waals surface area contributed by atoms with Crippen molar-refractivity contribution in [2.75, 3.05) is 18.1 Å². The van der Waals surface area contributed by atoms with Gasteiger partial charge in [-0.15, -0.1) is 0 Å². The Morgan fingerprint density at radius 1 is 0.868 bits per heavy atom. The lowest BCUT2D eigenvalue weighted by Gasteiger charge is -2.23. The Morgan fingerprint density at radius 2 is 1.47 bits per heavy atom. The molecule has 0 radical (unpaired) electrons. The third-order valence-electron chi connectivity index (χ3n) is 6.71. The lowest BCUT2D eigenvalue weighted by Crippen LogP contribution is -2.29. The Hall–Kier alpha value is -4.26. The molecule has 4 rings (SSSR count). The molecular weight excluding hydrogens is 482 g/mol. The van der Waals surface area contributed by atoms with Crippen molar-refractivity contribution >= 4 is 29.3 Å². The number of benzene rings is 3. The van der Waals surface area contributed by atoms with Crippen LogP contribution in [0.15, 0.2) is 66.7 Å². The maximum Gasteiger partial charge on any atom is 0.343 e. The minimum Gasteiger partial charge on any atom is -0.457 e. The summed E-state index contributed by atoms with van der Waals surface area (Å²) >= 11 is 0. The minimum absolute atomic E-state index is 0.0509. The van der Waals surface area contributed by atoms with Crippen molar-refractivity contribution in [3.63, 3.8) is 0 Å². The monoisotopic (exact) mass is 513 g/mol. The van der Waals surface area contributed by atoms with E-state index >= 15 is 0 Å². The molecule has 1 saturated heterocycles. The number of carbonyl (C=O) groups is 4. The highest BCUT2D eigenvalue weighted by atomic mass is 16.5. The quantitative estimate of drug-likeness (QED) is 0.224. The average Bonchev–Trinajstić information content (AvgIpc) is 3.32. The van der Waals surface area contributed by atoms with E-state index in [1.165, 1.54) is 24.3 Å². The average molecular weight is 514 g/mol. The van der Waals surface area contributed by atoms with E-state index in [0.29, 0.717) is 16.9 Å². The summed E-state index contributed by atoms with van der Waals surface area (Å²) in [6.07, 6.45) is 1.61. The first-order valence-electron chi connectivity index (χ1n) is 12.8. The lowest BCUT2D eigenvalue weighted by molar-refractivity contribution is -0.147. The van der Waals surface area contributed by atoms with Gasteiger partial charge in [0.25, 0.3) is 0 Å². The van der Waals surface area contributed by atoms with E-state index in [4.69, 9.17) is 9.47 Å². The Morgan fingerprint density at radius 3 is 2.08 bits per heavy atom. The predicted octanol–water partition coefficient (Wildman–Crippen LogP) is 5.12. The predicted molar refractivity (Wildman–Crippen MR) is 144 cm³/mol. The highest BCUT2D eigenvalue weighted by Crippen LogP contribution is 2.32. The molecule has 1 heterocycles. The molecule has 1 atom stereocenters. The smallest absolute Gasteiger partial charge is 0.343 e. The summed E-state index contributed by atoms with van der Waals surface area (Å²) < 4.78 is 10.7. The van der Waals surface area contributed by atoms with Gasteiger partial charge < -0.3 is 14.4 Å². The van der Waals surface area contributed by atoms with Crippen LogP contribution < -0.4 is 9.64 Å². The summed E-state index contributed by atoms with van der Waals surface area (Å²) in [7, 11) is 0. The van der Waals surface area contributed by atoms with E-state index in [1.54, 1.807) is 17.0 Å². The van der Waals surface area contributed by atoms with Gasteiger partial charge in [0.15, 0.2) is 12.4 Å². The number of hydrogen-bond acceptors (Lipinski definition) is 6. The van der Waals surface area contributed by atoms with Crippen LogP contribution in [0, 0.1) is 12.8 Å². The molecule has 1 amide bonds. The second kappa shape index (κ2) is 11.9.